The highest BCUT2D eigenvalue weighted by atomic mass is 16.6. The summed E-state index contributed by atoms with van der Waals surface area (Å²) in [6.45, 7) is 4.22. The van der Waals surface area contributed by atoms with Gasteiger partial charge in [-0.1, -0.05) is 12.1 Å². The highest BCUT2D eigenvalue weighted by Crippen LogP contribution is 2.20. The fourth-order valence-corrected chi connectivity index (χ4v) is 4.78. The lowest BCUT2D eigenvalue weighted by atomic mass is 10.0. The van der Waals surface area contributed by atoms with Crippen LogP contribution in [0.3, 0.4) is 0 Å². The molecular weight excluding hydrogens is 508 g/mol. The van der Waals surface area contributed by atoms with Gasteiger partial charge in [0.1, 0.15) is 19.2 Å². The largest absolute Gasteiger partial charge is 0.465 e. The van der Waals surface area contributed by atoms with Gasteiger partial charge in [-0.05, 0) is 38.4 Å². The van der Waals surface area contributed by atoms with Crippen molar-refractivity contribution in [2.24, 2.45) is 0 Å². The lowest BCUT2D eigenvalue weighted by Gasteiger charge is -2.30. The van der Waals surface area contributed by atoms with E-state index in [0.717, 1.165) is 37.2 Å². The first-order valence-corrected chi connectivity index (χ1v) is 13.2. The fourth-order valence-electron chi connectivity index (χ4n) is 4.78. The van der Waals surface area contributed by atoms with Crippen molar-refractivity contribution in [1.82, 2.24) is 25.3 Å². The summed E-state index contributed by atoms with van der Waals surface area (Å²) in [7, 11) is 0. The molecule has 13 nitrogen and oxygen atoms in total. The molecule has 2 amide bonds. The molecule has 2 aliphatic heterocycles. The minimum atomic E-state index is -0.883. The Morgan fingerprint density at radius 3 is 2.67 bits per heavy atom. The van der Waals surface area contributed by atoms with Crippen molar-refractivity contribution in [3.05, 3.63) is 57.4 Å². The van der Waals surface area contributed by atoms with Gasteiger partial charge in [-0.15, -0.1) is 0 Å². The summed E-state index contributed by atoms with van der Waals surface area (Å²) in [6, 6.07) is 5.05. The standard InChI is InChI=1S/C26H34N6O7/c1-2-38-25(34)16-31-15-19-14-30(12-9-22(19)29-31)26(35)23(13-18-3-5-20(6-4-18)32(36)37)28-24(33)17-39-21-7-10-27-11-8-21/h3-6,15,21,23,27H,2,7-14,16-17H2,1H3,(H,28,33)/t23-/m0/s1. The van der Waals surface area contributed by atoms with Crippen LogP contribution in [0.5, 0.6) is 0 Å². The van der Waals surface area contributed by atoms with E-state index in [1.807, 2.05) is 0 Å². The van der Waals surface area contributed by atoms with Crippen molar-refractivity contribution in [2.45, 2.75) is 57.8 Å². The minimum Gasteiger partial charge on any atom is -0.465 e. The number of esters is 1. The van der Waals surface area contributed by atoms with Gasteiger partial charge >= 0.3 is 5.97 Å². The molecule has 2 aliphatic rings. The minimum absolute atomic E-state index is 0.00696. The number of benzene rings is 1. The van der Waals surface area contributed by atoms with Crippen molar-refractivity contribution in [2.75, 3.05) is 32.8 Å². The molecule has 39 heavy (non-hydrogen) atoms. The lowest BCUT2D eigenvalue weighted by molar-refractivity contribution is -0.384. The van der Waals surface area contributed by atoms with Crippen molar-refractivity contribution in [3.63, 3.8) is 0 Å². The number of carbonyl (C=O) groups is 3. The van der Waals surface area contributed by atoms with E-state index in [0.29, 0.717) is 18.5 Å². The summed E-state index contributed by atoms with van der Waals surface area (Å²) >= 11 is 0. The van der Waals surface area contributed by atoms with Crippen LogP contribution in [0.4, 0.5) is 5.69 Å². The molecule has 1 fully saturated rings. The van der Waals surface area contributed by atoms with Gasteiger partial charge in [-0.25, -0.2) is 0 Å². The van der Waals surface area contributed by atoms with Gasteiger partial charge in [-0.2, -0.15) is 5.10 Å². The quantitative estimate of drug-likeness (QED) is 0.237. The van der Waals surface area contributed by atoms with E-state index in [9.17, 15) is 24.5 Å². The summed E-state index contributed by atoms with van der Waals surface area (Å²) in [5.41, 5.74) is 2.27. The maximum atomic E-state index is 13.7. The molecule has 0 radical (unpaired) electrons. The van der Waals surface area contributed by atoms with Crippen LogP contribution in [0.2, 0.25) is 0 Å². The van der Waals surface area contributed by atoms with E-state index >= 15 is 0 Å². The van der Waals surface area contributed by atoms with Gasteiger partial charge < -0.3 is 25.0 Å². The number of fused-ring (bicyclic) bond motifs is 1. The molecule has 3 heterocycles. The number of piperidine rings is 1. The predicted molar refractivity (Wildman–Crippen MR) is 139 cm³/mol. The van der Waals surface area contributed by atoms with Gasteiger partial charge in [0, 0.05) is 49.8 Å². The average molecular weight is 543 g/mol. The van der Waals surface area contributed by atoms with Crippen LogP contribution in [-0.4, -0.2) is 82.4 Å². The zero-order valence-corrected chi connectivity index (χ0v) is 22.0. The first-order chi connectivity index (χ1) is 18.8. The van der Waals surface area contributed by atoms with Crippen LogP contribution in [0.1, 0.15) is 36.6 Å². The monoisotopic (exact) mass is 542 g/mol. The van der Waals surface area contributed by atoms with E-state index in [-0.39, 0.29) is 56.4 Å². The van der Waals surface area contributed by atoms with E-state index in [4.69, 9.17) is 9.47 Å². The molecule has 2 N–H and O–H groups in total. The normalized spacial score (nSPS) is 16.3. The van der Waals surface area contributed by atoms with Crippen molar-refractivity contribution in [3.8, 4) is 0 Å². The molecule has 0 saturated carbocycles. The number of nitro groups is 1. The van der Waals surface area contributed by atoms with Gasteiger partial charge in [0.25, 0.3) is 5.69 Å². The third-order valence-corrected chi connectivity index (χ3v) is 6.77. The number of amides is 2. The fraction of sp³-hybridized carbons (Fsp3) is 0.538. The van der Waals surface area contributed by atoms with E-state index < -0.39 is 16.9 Å². The maximum Gasteiger partial charge on any atom is 0.327 e. The molecule has 0 unspecified atom stereocenters. The third-order valence-electron chi connectivity index (χ3n) is 6.77. The molecule has 0 spiro atoms. The number of hydrogen-bond acceptors (Lipinski definition) is 9. The topological polar surface area (TPSA) is 158 Å². The molecule has 1 aromatic heterocycles. The Balaban J connectivity index is 1.43. The molecule has 0 bridgehead atoms. The summed E-state index contributed by atoms with van der Waals surface area (Å²) in [4.78, 5) is 50.5. The second-order valence-electron chi connectivity index (χ2n) is 9.62. The van der Waals surface area contributed by atoms with E-state index in [2.05, 4.69) is 15.7 Å². The van der Waals surface area contributed by atoms with Crippen LogP contribution in [0, 0.1) is 10.1 Å². The van der Waals surface area contributed by atoms with Crippen molar-refractivity contribution in [1.29, 1.82) is 0 Å². The molecule has 1 atom stereocenters. The third kappa shape index (κ3) is 7.83. The second kappa shape index (κ2) is 13.3. The first-order valence-electron chi connectivity index (χ1n) is 13.2. The number of nitro benzene ring substituents is 1. The predicted octanol–water partition coefficient (Wildman–Crippen LogP) is 0.735. The SMILES string of the molecule is CCOC(=O)Cn1cc2c(n1)CCN(C(=O)[C@H](Cc1ccc([N+](=O)[O-])cc1)NC(=O)COC1CCNCC1)C2. The summed E-state index contributed by atoms with van der Waals surface area (Å²) in [5, 5.41) is 21.5. The molecule has 1 saturated heterocycles. The van der Waals surface area contributed by atoms with Crippen molar-refractivity contribution < 1.29 is 28.8 Å². The van der Waals surface area contributed by atoms with Crippen LogP contribution in [-0.2, 0) is 49.8 Å². The molecule has 4 rings (SSSR count). The van der Waals surface area contributed by atoms with Gasteiger partial charge in [0.15, 0.2) is 0 Å². The Kier molecular flexibility index (Phi) is 9.60. The highest BCUT2D eigenvalue weighted by molar-refractivity contribution is 5.88. The Bertz CT molecular complexity index is 1180. The number of nitrogens with one attached hydrogen (secondary N) is 2. The molecule has 2 aromatic rings. The number of ether oxygens (including phenoxy) is 2. The van der Waals surface area contributed by atoms with Crippen LogP contribution in [0.25, 0.3) is 0 Å². The summed E-state index contributed by atoms with van der Waals surface area (Å²) in [5.74, 6) is -1.05. The Hall–Kier alpha value is -3.84. The molecule has 13 heteroatoms. The number of non-ortho nitro benzene ring substituents is 1. The Morgan fingerprint density at radius 2 is 1.97 bits per heavy atom. The Morgan fingerprint density at radius 1 is 1.23 bits per heavy atom. The van der Waals surface area contributed by atoms with Crippen LogP contribution in [0.15, 0.2) is 30.5 Å². The van der Waals surface area contributed by atoms with Crippen molar-refractivity contribution >= 4 is 23.5 Å². The number of nitrogens with zero attached hydrogens (tertiary/aromatic N) is 4. The summed E-state index contributed by atoms with van der Waals surface area (Å²) < 4.78 is 12.3. The smallest absolute Gasteiger partial charge is 0.327 e. The molecule has 0 aliphatic carbocycles. The molecule has 1 aromatic carbocycles. The van der Waals surface area contributed by atoms with Gasteiger partial charge in [0.2, 0.25) is 11.8 Å². The second-order valence-corrected chi connectivity index (χ2v) is 9.62. The van der Waals surface area contributed by atoms with Gasteiger partial charge in [0.05, 0.1) is 23.3 Å². The molecule has 210 valence electrons. The van der Waals surface area contributed by atoms with E-state index in [1.165, 1.54) is 16.8 Å². The number of carbonyl (C=O) groups excluding carboxylic acids is 3. The maximum absolute atomic E-state index is 13.7. The lowest BCUT2D eigenvalue weighted by Crippen LogP contribution is -2.51. The summed E-state index contributed by atoms with van der Waals surface area (Å²) in [6.07, 6.45) is 4.04. The average Bonchev–Trinajstić information content (AvgIpc) is 3.33. The Labute approximate surface area is 226 Å². The zero-order valence-electron chi connectivity index (χ0n) is 22.0. The zero-order chi connectivity index (χ0) is 27.8. The first kappa shape index (κ1) is 28.2. The number of hydrogen-bond donors (Lipinski definition) is 2. The van der Waals surface area contributed by atoms with Crippen LogP contribution < -0.4 is 10.6 Å². The van der Waals surface area contributed by atoms with Gasteiger partial charge in [-0.3, -0.25) is 29.2 Å². The molecular formula is C26H34N6O7. The number of rotatable bonds is 11. The number of aromatic nitrogens is 2. The van der Waals surface area contributed by atoms with E-state index in [1.54, 1.807) is 30.2 Å². The van der Waals surface area contributed by atoms with Crippen LogP contribution >= 0.6 is 0 Å². The highest BCUT2D eigenvalue weighted by Gasteiger charge is 2.30.